The van der Waals surface area contributed by atoms with Crippen molar-refractivity contribution >= 4 is 11.8 Å². The van der Waals surface area contributed by atoms with E-state index in [2.05, 4.69) is 5.32 Å². The summed E-state index contributed by atoms with van der Waals surface area (Å²) in [5.74, 6) is -0.265. The predicted octanol–water partition coefficient (Wildman–Crippen LogP) is 1.17. The molecule has 1 rings (SSSR count). The van der Waals surface area contributed by atoms with Crippen LogP contribution in [0.25, 0.3) is 0 Å². The molecule has 4 heteroatoms. The van der Waals surface area contributed by atoms with Crippen molar-refractivity contribution in [3.63, 3.8) is 0 Å². The summed E-state index contributed by atoms with van der Waals surface area (Å²) in [5.41, 5.74) is 1.04. The zero-order valence-electron chi connectivity index (χ0n) is 10.4. The molecule has 1 N–H and O–H groups in total. The molecule has 0 bridgehead atoms. The van der Waals surface area contributed by atoms with Crippen LogP contribution in [-0.2, 0) is 16.1 Å². The van der Waals surface area contributed by atoms with E-state index >= 15 is 0 Å². The Morgan fingerprint density at radius 1 is 1.29 bits per heavy atom. The van der Waals surface area contributed by atoms with Crippen LogP contribution < -0.4 is 5.32 Å². The highest BCUT2D eigenvalue weighted by Gasteiger charge is 2.19. The highest BCUT2D eigenvalue weighted by molar-refractivity contribution is 5.86. The summed E-state index contributed by atoms with van der Waals surface area (Å²) < 4.78 is 0. The van der Waals surface area contributed by atoms with Gasteiger partial charge in [0.25, 0.3) is 0 Å². The molecule has 0 saturated carbocycles. The van der Waals surface area contributed by atoms with E-state index in [9.17, 15) is 9.59 Å². The normalized spacial score (nSPS) is 11.7. The molecular weight excluding hydrogens is 216 g/mol. The van der Waals surface area contributed by atoms with Crippen LogP contribution >= 0.6 is 0 Å². The fraction of sp³-hybridized carbons (Fsp3) is 0.385. The van der Waals surface area contributed by atoms with Gasteiger partial charge in [-0.25, -0.2) is 0 Å². The lowest BCUT2D eigenvalue weighted by Crippen LogP contribution is -2.44. The molecule has 92 valence electrons. The van der Waals surface area contributed by atoms with Gasteiger partial charge in [0.15, 0.2) is 0 Å². The molecule has 2 amide bonds. The van der Waals surface area contributed by atoms with E-state index in [1.807, 2.05) is 30.3 Å². The van der Waals surface area contributed by atoms with Crippen LogP contribution in [0.4, 0.5) is 0 Å². The summed E-state index contributed by atoms with van der Waals surface area (Å²) in [7, 11) is 1.62. The van der Waals surface area contributed by atoms with Gasteiger partial charge in [0, 0.05) is 20.5 Å². The number of nitrogens with zero attached hydrogens (tertiary/aromatic N) is 1. The van der Waals surface area contributed by atoms with Crippen molar-refractivity contribution < 1.29 is 9.59 Å². The summed E-state index contributed by atoms with van der Waals surface area (Å²) in [5, 5.41) is 2.80. The predicted molar refractivity (Wildman–Crippen MR) is 66.2 cm³/mol. The lowest BCUT2D eigenvalue weighted by atomic mass is 10.2. The highest BCUT2D eigenvalue weighted by atomic mass is 16.2. The molecule has 0 fully saturated rings. The number of likely N-dealkylation sites (N-methyl/N-ethyl adjacent to an activating group) is 1. The molecule has 0 aliphatic rings. The SMILES string of the molecule is CC(=O)N(C)[C@@H](C)C(=O)NCc1ccccc1. The van der Waals surface area contributed by atoms with Gasteiger partial charge in [-0.3, -0.25) is 9.59 Å². The van der Waals surface area contributed by atoms with Crippen molar-refractivity contribution in [2.45, 2.75) is 26.4 Å². The van der Waals surface area contributed by atoms with E-state index in [4.69, 9.17) is 0 Å². The first-order chi connectivity index (χ1) is 8.02. The molecule has 0 radical (unpaired) electrons. The first-order valence-corrected chi connectivity index (χ1v) is 5.57. The second kappa shape index (κ2) is 6.03. The number of carbonyl (C=O) groups is 2. The van der Waals surface area contributed by atoms with E-state index in [0.717, 1.165) is 5.56 Å². The molecule has 17 heavy (non-hydrogen) atoms. The maximum Gasteiger partial charge on any atom is 0.242 e. The standard InChI is InChI=1S/C13H18N2O2/c1-10(15(3)11(2)16)13(17)14-9-12-7-5-4-6-8-12/h4-8,10H,9H2,1-3H3,(H,14,17)/t10-/m0/s1. The second-order valence-electron chi connectivity index (χ2n) is 4.01. The zero-order valence-corrected chi connectivity index (χ0v) is 10.4. The van der Waals surface area contributed by atoms with Gasteiger partial charge in [-0.1, -0.05) is 30.3 Å². The molecule has 0 aromatic heterocycles. The molecule has 0 saturated heterocycles. The number of amides is 2. The maximum atomic E-state index is 11.8. The van der Waals surface area contributed by atoms with Crippen LogP contribution in [-0.4, -0.2) is 29.8 Å². The van der Waals surface area contributed by atoms with Crippen molar-refractivity contribution in [3.05, 3.63) is 35.9 Å². The summed E-state index contributed by atoms with van der Waals surface area (Å²) in [4.78, 5) is 24.3. The van der Waals surface area contributed by atoms with Crippen molar-refractivity contribution in [2.24, 2.45) is 0 Å². The first kappa shape index (κ1) is 13.2. The van der Waals surface area contributed by atoms with Gasteiger partial charge in [0.1, 0.15) is 6.04 Å². The van der Waals surface area contributed by atoms with Gasteiger partial charge >= 0.3 is 0 Å². The summed E-state index contributed by atoms with van der Waals surface area (Å²) in [6, 6.07) is 9.21. The molecule has 0 unspecified atom stereocenters. The van der Waals surface area contributed by atoms with Crippen LogP contribution in [0.5, 0.6) is 0 Å². The molecule has 0 heterocycles. The van der Waals surface area contributed by atoms with Gasteiger partial charge in [0.2, 0.25) is 11.8 Å². The number of rotatable bonds is 4. The average Bonchev–Trinajstić information content (AvgIpc) is 2.35. The Bertz CT molecular complexity index is 390. The number of hydrogen-bond donors (Lipinski definition) is 1. The molecule has 0 aliphatic heterocycles. The maximum absolute atomic E-state index is 11.8. The third-order valence-corrected chi connectivity index (χ3v) is 2.77. The summed E-state index contributed by atoms with van der Waals surface area (Å²) in [6.45, 7) is 3.64. The Hall–Kier alpha value is -1.84. The van der Waals surface area contributed by atoms with Gasteiger partial charge in [0.05, 0.1) is 0 Å². The van der Waals surface area contributed by atoms with Gasteiger partial charge in [-0.2, -0.15) is 0 Å². The lowest BCUT2D eigenvalue weighted by Gasteiger charge is -2.22. The third kappa shape index (κ3) is 3.90. The van der Waals surface area contributed by atoms with E-state index < -0.39 is 6.04 Å². The minimum Gasteiger partial charge on any atom is -0.350 e. The quantitative estimate of drug-likeness (QED) is 0.850. The van der Waals surface area contributed by atoms with E-state index in [-0.39, 0.29) is 11.8 Å². The van der Waals surface area contributed by atoms with E-state index in [0.29, 0.717) is 6.54 Å². The molecule has 0 aliphatic carbocycles. The van der Waals surface area contributed by atoms with Crippen molar-refractivity contribution in [2.75, 3.05) is 7.05 Å². The molecule has 1 aromatic carbocycles. The smallest absolute Gasteiger partial charge is 0.242 e. The first-order valence-electron chi connectivity index (χ1n) is 5.57. The van der Waals surface area contributed by atoms with Gasteiger partial charge < -0.3 is 10.2 Å². The monoisotopic (exact) mass is 234 g/mol. The Balaban J connectivity index is 2.47. The highest BCUT2D eigenvalue weighted by Crippen LogP contribution is 2.00. The summed E-state index contributed by atoms with van der Waals surface area (Å²) in [6.07, 6.45) is 0. The van der Waals surface area contributed by atoms with Crippen LogP contribution in [0.3, 0.4) is 0 Å². The van der Waals surface area contributed by atoms with Crippen molar-refractivity contribution in [3.8, 4) is 0 Å². The van der Waals surface area contributed by atoms with Crippen molar-refractivity contribution in [1.82, 2.24) is 10.2 Å². The molecule has 4 nitrogen and oxygen atoms in total. The summed E-state index contributed by atoms with van der Waals surface area (Å²) >= 11 is 0. The molecular formula is C13H18N2O2. The minimum absolute atomic E-state index is 0.118. The number of carbonyl (C=O) groups excluding carboxylic acids is 2. The lowest BCUT2D eigenvalue weighted by molar-refractivity contribution is -0.136. The number of benzene rings is 1. The second-order valence-corrected chi connectivity index (χ2v) is 4.01. The van der Waals surface area contributed by atoms with Gasteiger partial charge in [-0.05, 0) is 12.5 Å². The molecule has 0 spiro atoms. The Kier molecular flexibility index (Phi) is 4.69. The topological polar surface area (TPSA) is 49.4 Å². The fourth-order valence-electron chi connectivity index (χ4n) is 1.38. The zero-order chi connectivity index (χ0) is 12.8. The third-order valence-electron chi connectivity index (χ3n) is 2.77. The molecule has 1 atom stereocenters. The molecule has 1 aromatic rings. The largest absolute Gasteiger partial charge is 0.350 e. The van der Waals surface area contributed by atoms with Crippen LogP contribution in [0.2, 0.25) is 0 Å². The van der Waals surface area contributed by atoms with Crippen LogP contribution in [0.15, 0.2) is 30.3 Å². The average molecular weight is 234 g/mol. The van der Waals surface area contributed by atoms with Gasteiger partial charge in [-0.15, -0.1) is 0 Å². The van der Waals surface area contributed by atoms with E-state index in [1.54, 1.807) is 14.0 Å². The Labute approximate surface area is 102 Å². The number of hydrogen-bond acceptors (Lipinski definition) is 2. The number of nitrogens with one attached hydrogen (secondary N) is 1. The Morgan fingerprint density at radius 3 is 2.41 bits per heavy atom. The van der Waals surface area contributed by atoms with Crippen molar-refractivity contribution in [1.29, 1.82) is 0 Å². The fourth-order valence-corrected chi connectivity index (χ4v) is 1.38. The van der Waals surface area contributed by atoms with E-state index in [1.165, 1.54) is 11.8 Å². The van der Waals surface area contributed by atoms with Crippen LogP contribution in [0, 0.1) is 0 Å². The van der Waals surface area contributed by atoms with Crippen LogP contribution in [0.1, 0.15) is 19.4 Å². The Morgan fingerprint density at radius 2 is 1.88 bits per heavy atom. The minimum atomic E-state index is -0.448.